The Morgan fingerprint density at radius 1 is 1.11 bits per heavy atom. The third-order valence-corrected chi connectivity index (χ3v) is 4.53. The fourth-order valence-corrected chi connectivity index (χ4v) is 2.73. The van der Waals surface area contributed by atoms with Gasteiger partial charge in [-0.1, -0.05) is 41.5 Å². The lowest BCUT2D eigenvalue weighted by molar-refractivity contribution is -0.159. The molecular formula is C22H18F6N4O3. The summed E-state index contributed by atoms with van der Waals surface area (Å²) in [4.78, 5) is 20.6. The number of aromatic nitrogens is 2. The van der Waals surface area contributed by atoms with Crippen LogP contribution in [0.3, 0.4) is 0 Å². The Bertz CT molecular complexity index is 1170. The van der Waals surface area contributed by atoms with Gasteiger partial charge >= 0.3 is 18.2 Å². The monoisotopic (exact) mass is 500 g/mol. The van der Waals surface area contributed by atoms with Gasteiger partial charge in [-0.05, 0) is 29.8 Å². The number of carbonyl (C=O) groups excluding carboxylic acids is 1. The minimum atomic E-state index is -4.76. The van der Waals surface area contributed by atoms with Crippen LogP contribution in [0.2, 0.25) is 0 Å². The van der Waals surface area contributed by atoms with Crippen LogP contribution in [0.4, 0.5) is 26.3 Å². The molecule has 3 rings (SSSR count). The van der Waals surface area contributed by atoms with E-state index in [-0.39, 0.29) is 36.0 Å². The van der Waals surface area contributed by atoms with E-state index in [1.54, 1.807) is 6.92 Å². The van der Waals surface area contributed by atoms with E-state index in [9.17, 15) is 31.1 Å². The van der Waals surface area contributed by atoms with Crippen LogP contribution < -0.4 is 5.32 Å². The highest BCUT2D eigenvalue weighted by Crippen LogP contribution is 2.30. The van der Waals surface area contributed by atoms with Gasteiger partial charge in [-0.3, -0.25) is 4.79 Å². The summed E-state index contributed by atoms with van der Waals surface area (Å²) in [5.74, 6) is -2.44. The number of hydrogen-bond donors (Lipinski definition) is 1. The first-order valence-corrected chi connectivity index (χ1v) is 10.0. The van der Waals surface area contributed by atoms with Crippen molar-refractivity contribution in [2.75, 3.05) is 6.54 Å². The SMILES string of the molecule is CC(/C=N/OCc1cccc(C(F)(F)F)c1)CNC(=O)c1ccc(-c2noc(C(F)(F)F)n2)cc1. The van der Waals surface area contributed by atoms with Crippen molar-refractivity contribution in [1.29, 1.82) is 0 Å². The van der Waals surface area contributed by atoms with E-state index in [2.05, 4.69) is 25.1 Å². The molecule has 3 aromatic rings. The molecule has 35 heavy (non-hydrogen) atoms. The van der Waals surface area contributed by atoms with Crippen molar-refractivity contribution in [3.63, 3.8) is 0 Å². The van der Waals surface area contributed by atoms with Gasteiger partial charge in [0.25, 0.3) is 5.91 Å². The Morgan fingerprint density at radius 2 is 1.83 bits per heavy atom. The highest BCUT2D eigenvalue weighted by molar-refractivity contribution is 5.94. The molecule has 13 heteroatoms. The van der Waals surface area contributed by atoms with E-state index in [0.29, 0.717) is 5.56 Å². The van der Waals surface area contributed by atoms with Crippen LogP contribution in [0.1, 0.15) is 34.3 Å². The summed E-state index contributed by atoms with van der Waals surface area (Å²) in [6.07, 6.45) is -7.81. The highest BCUT2D eigenvalue weighted by Gasteiger charge is 2.38. The number of halogens is 6. The normalized spacial score (nSPS) is 13.1. The van der Waals surface area contributed by atoms with Crippen LogP contribution in [-0.2, 0) is 23.8 Å². The molecule has 186 valence electrons. The number of carbonyl (C=O) groups is 1. The van der Waals surface area contributed by atoms with Crippen LogP contribution in [0.5, 0.6) is 0 Å². The average molecular weight is 500 g/mol. The smallest absolute Gasteiger partial charge is 0.391 e. The number of nitrogens with zero attached hydrogens (tertiary/aromatic N) is 3. The average Bonchev–Trinajstić information content (AvgIpc) is 3.31. The molecule has 0 saturated heterocycles. The molecule has 0 aliphatic carbocycles. The van der Waals surface area contributed by atoms with Gasteiger partial charge in [0.1, 0.15) is 6.61 Å². The lowest BCUT2D eigenvalue weighted by Crippen LogP contribution is -2.28. The van der Waals surface area contributed by atoms with Gasteiger partial charge in [0.05, 0.1) is 5.56 Å². The van der Waals surface area contributed by atoms with Crippen LogP contribution in [0.25, 0.3) is 11.4 Å². The first-order valence-electron chi connectivity index (χ1n) is 10.0. The highest BCUT2D eigenvalue weighted by atomic mass is 19.4. The standard InChI is InChI=1S/C22H18F6N4O3/c1-13(11-30-34-12-14-3-2-4-17(9-14)21(23,24)25)10-29-19(33)16-7-5-15(6-8-16)18-31-20(35-32-18)22(26,27)28/h2-9,11,13H,10,12H2,1H3,(H,29,33)/b30-11+. The van der Waals surface area contributed by atoms with Crippen molar-refractivity contribution in [3.8, 4) is 11.4 Å². The third-order valence-electron chi connectivity index (χ3n) is 4.53. The number of nitrogens with one attached hydrogen (secondary N) is 1. The maximum atomic E-state index is 12.7. The molecule has 0 fully saturated rings. The Balaban J connectivity index is 1.46. The molecule has 0 bridgehead atoms. The zero-order valence-electron chi connectivity index (χ0n) is 18.0. The van der Waals surface area contributed by atoms with Gasteiger partial charge in [0.2, 0.25) is 5.82 Å². The maximum Gasteiger partial charge on any atom is 0.471 e. The molecule has 1 atom stereocenters. The van der Waals surface area contributed by atoms with Crippen LogP contribution in [0.15, 0.2) is 58.2 Å². The summed E-state index contributed by atoms with van der Waals surface area (Å²) in [6, 6.07) is 10.2. The van der Waals surface area contributed by atoms with Gasteiger partial charge in [0, 0.05) is 29.8 Å². The Kier molecular flexibility index (Phi) is 7.77. The summed E-state index contributed by atoms with van der Waals surface area (Å²) in [7, 11) is 0. The van der Waals surface area contributed by atoms with Crippen molar-refractivity contribution < 1.29 is 40.5 Å². The van der Waals surface area contributed by atoms with E-state index in [1.807, 2.05) is 0 Å². The third kappa shape index (κ3) is 7.29. The van der Waals surface area contributed by atoms with E-state index in [1.165, 1.54) is 42.6 Å². The van der Waals surface area contributed by atoms with E-state index in [4.69, 9.17) is 4.84 Å². The number of benzene rings is 2. The van der Waals surface area contributed by atoms with Crippen molar-refractivity contribution in [1.82, 2.24) is 15.5 Å². The predicted molar refractivity (Wildman–Crippen MR) is 111 cm³/mol. The molecule has 1 amide bonds. The molecule has 7 nitrogen and oxygen atoms in total. The van der Waals surface area contributed by atoms with Crippen molar-refractivity contribution in [2.45, 2.75) is 25.9 Å². The second kappa shape index (κ2) is 10.6. The molecule has 1 aromatic heterocycles. The van der Waals surface area contributed by atoms with Crippen molar-refractivity contribution in [3.05, 3.63) is 71.1 Å². The number of amides is 1. The second-order valence-electron chi connectivity index (χ2n) is 7.41. The largest absolute Gasteiger partial charge is 0.471 e. The van der Waals surface area contributed by atoms with Crippen LogP contribution >= 0.6 is 0 Å². The molecule has 1 N–H and O–H groups in total. The number of rotatable bonds is 8. The summed E-state index contributed by atoms with van der Waals surface area (Å²) < 4.78 is 80.0. The molecule has 0 aliphatic heterocycles. The molecular weight excluding hydrogens is 482 g/mol. The zero-order chi connectivity index (χ0) is 25.6. The van der Waals surface area contributed by atoms with Gasteiger partial charge < -0.3 is 14.7 Å². The quantitative estimate of drug-likeness (QED) is 0.256. The van der Waals surface area contributed by atoms with Gasteiger partial charge in [-0.25, -0.2) is 0 Å². The molecule has 0 saturated carbocycles. The Labute approximate surface area is 194 Å². The molecule has 1 unspecified atom stereocenters. The predicted octanol–water partition coefficient (Wildman–Crippen LogP) is 5.34. The van der Waals surface area contributed by atoms with Crippen LogP contribution in [0, 0.1) is 5.92 Å². The van der Waals surface area contributed by atoms with E-state index >= 15 is 0 Å². The maximum absolute atomic E-state index is 12.7. The first-order chi connectivity index (χ1) is 16.4. The molecule has 0 aliphatic rings. The number of alkyl halides is 6. The second-order valence-corrected chi connectivity index (χ2v) is 7.41. The Morgan fingerprint density at radius 3 is 2.46 bits per heavy atom. The fraction of sp³-hybridized carbons (Fsp3) is 0.273. The molecule has 2 aromatic carbocycles. The number of oxime groups is 1. The molecule has 0 spiro atoms. The van der Waals surface area contributed by atoms with Gasteiger partial charge in [-0.2, -0.15) is 31.3 Å². The number of hydrogen-bond acceptors (Lipinski definition) is 6. The fourth-order valence-electron chi connectivity index (χ4n) is 2.73. The van der Waals surface area contributed by atoms with E-state index in [0.717, 1.165) is 12.1 Å². The minimum absolute atomic E-state index is 0.156. The van der Waals surface area contributed by atoms with Crippen molar-refractivity contribution in [2.24, 2.45) is 11.1 Å². The summed E-state index contributed by atoms with van der Waals surface area (Å²) in [5.41, 5.74) is 0.00400. The van der Waals surface area contributed by atoms with Gasteiger partial charge in [0.15, 0.2) is 0 Å². The summed E-state index contributed by atoms with van der Waals surface area (Å²) >= 11 is 0. The topological polar surface area (TPSA) is 89.6 Å². The lowest BCUT2D eigenvalue weighted by atomic mass is 10.1. The first kappa shape index (κ1) is 25.7. The van der Waals surface area contributed by atoms with Gasteiger partial charge in [-0.15, -0.1) is 0 Å². The summed E-state index contributed by atoms with van der Waals surface area (Å²) in [5, 5.41) is 9.64. The minimum Gasteiger partial charge on any atom is -0.391 e. The molecule has 0 radical (unpaired) electrons. The zero-order valence-corrected chi connectivity index (χ0v) is 18.0. The van der Waals surface area contributed by atoms with Crippen molar-refractivity contribution >= 4 is 12.1 Å². The van der Waals surface area contributed by atoms with Crippen LogP contribution in [-0.4, -0.2) is 28.8 Å². The molecule has 1 heterocycles. The summed E-state index contributed by atoms with van der Waals surface area (Å²) in [6.45, 7) is 1.75. The van der Waals surface area contributed by atoms with E-state index < -0.39 is 29.7 Å². The lowest BCUT2D eigenvalue weighted by Gasteiger charge is -2.09. The Hall–Kier alpha value is -3.90.